The molecule has 0 saturated heterocycles. The van der Waals surface area contributed by atoms with E-state index >= 15 is 0 Å². The van der Waals surface area contributed by atoms with E-state index in [2.05, 4.69) is 9.98 Å². The molecule has 0 aliphatic rings. The maximum absolute atomic E-state index is 10.1. The molecule has 0 atom stereocenters. The molecule has 0 fully saturated rings. The predicted octanol–water partition coefficient (Wildman–Crippen LogP) is 8.91. The molecule has 2 N–H and O–H groups in total. The lowest BCUT2D eigenvalue weighted by Crippen LogP contribution is -1.86. The topological polar surface area (TPSA) is 78.1 Å². The number of nitrogens with zero attached hydrogens (tertiary/aromatic N) is 3. The number of phenolic OH excluding ortho intramolecular Hbond substituents is 2. The van der Waals surface area contributed by atoms with Crippen molar-refractivity contribution in [2.75, 3.05) is 0 Å². The molecule has 1 aromatic heterocycles. The van der Waals surface area contributed by atoms with Gasteiger partial charge in [0.25, 0.3) is 0 Å². The fraction of sp³-hybridized carbons (Fsp3) is 0. The molecule has 0 saturated carbocycles. The molecule has 4 aromatic carbocycles. The van der Waals surface area contributed by atoms with Gasteiger partial charge in [0.05, 0.1) is 32.5 Å². The van der Waals surface area contributed by atoms with Crippen LogP contribution < -0.4 is 0 Å². The van der Waals surface area contributed by atoms with Crippen LogP contribution in [0.15, 0.2) is 76.7 Å². The Morgan fingerprint density at radius 2 is 1.03 bits per heavy atom. The zero-order valence-electron chi connectivity index (χ0n) is 18.3. The molecule has 5 rings (SSSR count). The normalized spacial score (nSPS) is 11.9. The van der Waals surface area contributed by atoms with Gasteiger partial charge in [-0.05, 0) is 54.6 Å². The highest BCUT2D eigenvalue weighted by Gasteiger charge is 2.08. The van der Waals surface area contributed by atoms with E-state index in [4.69, 9.17) is 51.4 Å². The van der Waals surface area contributed by atoms with Crippen molar-refractivity contribution in [3.8, 4) is 11.5 Å². The number of aromatic nitrogens is 1. The van der Waals surface area contributed by atoms with E-state index in [0.29, 0.717) is 32.5 Å². The average molecular weight is 555 g/mol. The molecular formula is C27H15Cl4N3O2. The van der Waals surface area contributed by atoms with Crippen molar-refractivity contribution >= 4 is 92.0 Å². The van der Waals surface area contributed by atoms with Crippen LogP contribution >= 0.6 is 46.4 Å². The van der Waals surface area contributed by atoms with E-state index in [9.17, 15) is 10.2 Å². The molecule has 36 heavy (non-hydrogen) atoms. The fourth-order valence-electron chi connectivity index (χ4n) is 3.62. The Morgan fingerprint density at radius 1 is 0.583 bits per heavy atom. The van der Waals surface area contributed by atoms with Crippen molar-refractivity contribution < 1.29 is 10.2 Å². The summed E-state index contributed by atoms with van der Waals surface area (Å²) in [5.74, 6) is -0.174. The zero-order valence-corrected chi connectivity index (χ0v) is 21.3. The third kappa shape index (κ3) is 5.11. The van der Waals surface area contributed by atoms with Crippen molar-refractivity contribution in [2.24, 2.45) is 9.98 Å². The Kier molecular flexibility index (Phi) is 6.73. The summed E-state index contributed by atoms with van der Waals surface area (Å²) in [6, 6.07) is 19.4. The second-order valence-corrected chi connectivity index (χ2v) is 9.60. The summed E-state index contributed by atoms with van der Waals surface area (Å²) in [5, 5.41) is 23.3. The first kappa shape index (κ1) is 24.3. The summed E-state index contributed by atoms with van der Waals surface area (Å²) in [4.78, 5) is 13.7. The third-order valence-corrected chi connectivity index (χ3v) is 6.41. The lowest BCUT2D eigenvalue weighted by molar-refractivity contribution is 0.474. The molecule has 0 amide bonds. The van der Waals surface area contributed by atoms with E-state index < -0.39 is 0 Å². The van der Waals surface area contributed by atoms with Crippen LogP contribution in [0.5, 0.6) is 11.5 Å². The summed E-state index contributed by atoms with van der Waals surface area (Å²) >= 11 is 24.0. The maximum atomic E-state index is 10.1. The molecular weight excluding hydrogens is 540 g/mol. The number of hydrogen-bond acceptors (Lipinski definition) is 5. The van der Waals surface area contributed by atoms with Gasteiger partial charge in [-0.1, -0.05) is 58.5 Å². The number of rotatable bonds is 4. The van der Waals surface area contributed by atoms with Crippen molar-refractivity contribution in [3.63, 3.8) is 0 Å². The molecule has 0 aliphatic heterocycles. The Morgan fingerprint density at radius 3 is 1.47 bits per heavy atom. The third-order valence-electron chi connectivity index (χ3n) is 5.40. The van der Waals surface area contributed by atoms with Gasteiger partial charge in [0, 0.05) is 44.4 Å². The van der Waals surface area contributed by atoms with Crippen LogP contribution in [0.1, 0.15) is 11.1 Å². The molecule has 0 aliphatic carbocycles. The second-order valence-electron chi connectivity index (χ2n) is 7.91. The van der Waals surface area contributed by atoms with Crippen LogP contribution in [0.25, 0.3) is 21.8 Å². The Balaban J connectivity index is 1.48. The minimum atomic E-state index is -0.0869. The first-order valence-electron chi connectivity index (χ1n) is 10.6. The van der Waals surface area contributed by atoms with Gasteiger partial charge in [-0.25, -0.2) is 4.98 Å². The molecule has 178 valence electrons. The standard InChI is InChI=1S/C27H15Cl4N3O2/c28-18-6-16(26(35)22(30)8-18)12-32-20-3-1-14-5-15-2-4-21(11-25(15)34-24(14)10-20)33-13-17-7-19(29)9-23(31)27(17)36/h1-13,35-36H. The van der Waals surface area contributed by atoms with E-state index in [1.807, 2.05) is 42.5 Å². The van der Waals surface area contributed by atoms with Crippen LogP contribution in [0.3, 0.4) is 0 Å². The summed E-state index contributed by atoms with van der Waals surface area (Å²) in [7, 11) is 0. The monoisotopic (exact) mass is 553 g/mol. The first-order chi connectivity index (χ1) is 17.3. The van der Waals surface area contributed by atoms with Crippen LogP contribution in [0, 0.1) is 0 Å². The number of pyridine rings is 1. The number of benzene rings is 4. The van der Waals surface area contributed by atoms with Gasteiger partial charge in [0.15, 0.2) is 0 Å². The number of fused-ring (bicyclic) bond motifs is 2. The first-order valence-corrected chi connectivity index (χ1v) is 12.1. The van der Waals surface area contributed by atoms with Gasteiger partial charge in [0.2, 0.25) is 0 Å². The second kappa shape index (κ2) is 9.96. The molecule has 0 unspecified atom stereocenters. The van der Waals surface area contributed by atoms with E-state index in [-0.39, 0.29) is 21.5 Å². The highest BCUT2D eigenvalue weighted by Crippen LogP contribution is 2.32. The summed E-state index contributed by atoms with van der Waals surface area (Å²) in [6.07, 6.45) is 3.00. The van der Waals surface area contributed by atoms with Gasteiger partial charge < -0.3 is 10.2 Å². The van der Waals surface area contributed by atoms with Crippen LogP contribution in [-0.4, -0.2) is 27.6 Å². The molecule has 5 nitrogen and oxygen atoms in total. The predicted molar refractivity (Wildman–Crippen MR) is 150 cm³/mol. The fourth-order valence-corrected chi connectivity index (χ4v) is 4.63. The quantitative estimate of drug-likeness (QED) is 0.172. The van der Waals surface area contributed by atoms with Crippen molar-refractivity contribution in [1.82, 2.24) is 4.98 Å². The zero-order chi connectivity index (χ0) is 25.4. The molecule has 0 radical (unpaired) electrons. The highest BCUT2D eigenvalue weighted by atomic mass is 35.5. The maximum Gasteiger partial charge on any atom is 0.143 e. The van der Waals surface area contributed by atoms with Gasteiger partial charge in [-0.2, -0.15) is 0 Å². The van der Waals surface area contributed by atoms with Crippen LogP contribution in [0.4, 0.5) is 11.4 Å². The molecule has 1 heterocycles. The van der Waals surface area contributed by atoms with Gasteiger partial charge in [-0.15, -0.1) is 0 Å². The van der Waals surface area contributed by atoms with E-state index in [1.54, 1.807) is 12.1 Å². The SMILES string of the molecule is Oc1c(Cl)cc(Cl)cc1C=Nc1ccc2cc3ccc(N=Cc4cc(Cl)cc(Cl)c4O)cc3nc2c1. The van der Waals surface area contributed by atoms with E-state index in [1.165, 1.54) is 24.6 Å². The number of hydrogen-bond donors (Lipinski definition) is 2. The Labute approximate surface area is 225 Å². The van der Waals surface area contributed by atoms with Gasteiger partial charge in [-0.3, -0.25) is 9.98 Å². The minimum absolute atomic E-state index is 0.0869. The average Bonchev–Trinajstić information content (AvgIpc) is 2.85. The van der Waals surface area contributed by atoms with Crippen molar-refractivity contribution in [2.45, 2.75) is 0 Å². The summed E-state index contributed by atoms with van der Waals surface area (Å²) in [5.41, 5.74) is 3.60. The number of aromatic hydroxyl groups is 2. The number of halogens is 4. The van der Waals surface area contributed by atoms with Crippen LogP contribution in [-0.2, 0) is 0 Å². The van der Waals surface area contributed by atoms with Crippen molar-refractivity contribution in [1.29, 1.82) is 0 Å². The van der Waals surface area contributed by atoms with Gasteiger partial charge >= 0.3 is 0 Å². The highest BCUT2D eigenvalue weighted by molar-refractivity contribution is 6.36. The van der Waals surface area contributed by atoms with Gasteiger partial charge in [0.1, 0.15) is 11.5 Å². The van der Waals surface area contributed by atoms with E-state index in [0.717, 1.165) is 21.8 Å². The Bertz CT molecular complexity index is 1600. The molecule has 0 bridgehead atoms. The summed E-state index contributed by atoms with van der Waals surface area (Å²) < 4.78 is 0. The van der Waals surface area contributed by atoms with Crippen LogP contribution in [0.2, 0.25) is 20.1 Å². The molecule has 0 spiro atoms. The molecule has 9 heteroatoms. The lowest BCUT2D eigenvalue weighted by Gasteiger charge is -2.05. The van der Waals surface area contributed by atoms with Crippen molar-refractivity contribution in [3.05, 3.63) is 97.9 Å². The minimum Gasteiger partial charge on any atom is -0.506 e. The smallest absolute Gasteiger partial charge is 0.143 e. The summed E-state index contributed by atoms with van der Waals surface area (Å²) in [6.45, 7) is 0. The Hall–Kier alpha value is -3.35. The number of phenols is 2. The largest absolute Gasteiger partial charge is 0.506 e. The lowest BCUT2D eigenvalue weighted by atomic mass is 10.1. The number of aliphatic imine (C=N–C) groups is 2. The molecule has 5 aromatic rings.